The van der Waals surface area contributed by atoms with Gasteiger partial charge in [0, 0.05) is 31.4 Å². The molecule has 0 spiro atoms. The van der Waals surface area contributed by atoms with E-state index in [4.69, 9.17) is 24.1 Å². The number of hydrogen-bond donors (Lipinski definition) is 2. The Labute approximate surface area is 176 Å². The van der Waals surface area contributed by atoms with Crippen LogP contribution in [-0.2, 0) is 14.3 Å². The molecule has 1 amide bonds. The molecule has 2 bridgehead atoms. The maximum atomic E-state index is 12.7. The van der Waals surface area contributed by atoms with E-state index in [2.05, 4.69) is 10.2 Å². The molecule has 0 aromatic heterocycles. The lowest BCUT2D eigenvalue weighted by Gasteiger charge is -2.32. The minimum Gasteiger partial charge on any atom is -0.475 e. The molecule has 3 heterocycles. The number of ether oxygens (including phenoxy) is 3. The molecule has 1 aromatic carbocycles. The lowest BCUT2D eigenvalue weighted by Crippen LogP contribution is -2.45. The number of rotatable bonds is 4. The summed E-state index contributed by atoms with van der Waals surface area (Å²) in [5, 5.41) is 10.1. The Morgan fingerprint density at radius 3 is 2.55 bits per heavy atom. The molecule has 2 saturated heterocycles. The zero-order chi connectivity index (χ0) is 22.2. The topological polar surface area (TPSA) is 97.3 Å². The van der Waals surface area contributed by atoms with Crippen LogP contribution >= 0.6 is 0 Å². The molecule has 1 aliphatic carbocycles. The van der Waals surface area contributed by atoms with Crippen LogP contribution < -0.4 is 14.8 Å². The highest BCUT2D eigenvalue weighted by molar-refractivity contribution is 5.93. The van der Waals surface area contributed by atoms with Gasteiger partial charge in [-0.05, 0) is 37.3 Å². The Morgan fingerprint density at radius 2 is 1.87 bits per heavy atom. The van der Waals surface area contributed by atoms with Crippen molar-refractivity contribution >= 4 is 17.6 Å². The van der Waals surface area contributed by atoms with E-state index in [9.17, 15) is 18.0 Å². The van der Waals surface area contributed by atoms with Crippen LogP contribution in [0.15, 0.2) is 18.2 Å². The fourth-order valence-electron chi connectivity index (χ4n) is 4.04. The van der Waals surface area contributed by atoms with E-state index in [-0.39, 0.29) is 30.8 Å². The number of carboxylic acids is 1. The van der Waals surface area contributed by atoms with Crippen molar-refractivity contribution in [3.63, 3.8) is 0 Å². The quantitative estimate of drug-likeness (QED) is 0.737. The molecule has 3 aliphatic heterocycles. The standard InChI is InChI=1S/C18H22N2O4.C2HF3O2/c21-18(19-12-3-4-15-16(5-12)23-10-22-15)14-6-13-8-20(7-11-1-2-11)9-17(14)24-13;3-2(4,5)1(6)7/h3-5,11,13-14,17H,1-2,6-10H2,(H,19,21);(H,6,7)/t13-,14+,17-;/m1./s1. The molecule has 8 nitrogen and oxygen atoms in total. The SMILES string of the molecule is O=C(Nc1ccc2c(c1)OCO2)[C@H]1C[C@@H]2CN(CC3CC3)C[C@H]1O2.O=C(O)C(F)(F)F. The Hall–Kier alpha value is -2.53. The largest absolute Gasteiger partial charge is 0.490 e. The Morgan fingerprint density at radius 1 is 1.16 bits per heavy atom. The zero-order valence-electron chi connectivity index (χ0n) is 16.6. The summed E-state index contributed by atoms with van der Waals surface area (Å²) in [6.45, 7) is 3.27. The second-order valence-electron chi connectivity index (χ2n) is 8.16. The van der Waals surface area contributed by atoms with Gasteiger partial charge in [0.2, 0.25) is 12.7 Å². The first-order chi connectivity index (χ1) is 14.7. The van der Waals surface area contributed by atoms with Crippen molar-refractivity contribution in [3.8, 4) is 11.5 Å². The molecule has 3 atom stereocenters. The van der Waals surface area contributed by atoms with Crippen LogP contribution in [-0.4, -0.2) is 66.7 Å². The van der Waals surface area contributed by atoms with Crippen LogP contribution in [0.2, 0.25) is 0 Å². The number of carbonyl (C=O) groups is 2. The molecule has 4 aliphatic rings. The van der Waals surface area contributed by atoms with Gasteiger partial charge in [0.1, 0.15) is 0 Å². The number of aliphatic carboxylic acids is 1. The van der Waals surface area contributed by atoms with E-state index in [0.29, 0.717) is 5.75 Å². The van der Waals surface area contributed by atoms with Crippen molar-refractivity contribution in [2.45, 2.75) is 37.6 Å². The van der Waals surface area contributed by atoms with E-state index in [1.807, 2.05) is 18.2 Å². The Balaban J connectivity index is 0.000000289. The number of anilines is 1. The van der Waals surface area contributed by atoms with Gasteiger partial charge in [0.05, 0.1) is 18.1 Å². The van der Waals surface area contributed by atoms with E-state index in [1.54, 1.807) is 0 Å². The molecule has 3 fully saturated rings. The third-order valence-electron chi connectivity index (χ3n) is 5.67. The van der Waals surface area contributed by atoms with E-state index < -0.39 is 12.1 Å². The Bertz CT molecular complexity index is 845. The lowest BCUT2D eigenvalue weighted by molar-refractivity contribution is -0.192. The number of likely N-dealkylation sites (tertiary alicyclic amines) is 1. The van der Waals surface area contributed by atoms with E-state index in [1.165, 1.54) is 19.4 Å². The molecule has 1 saturated carbocycles. The number of fused-ring (bicyclic) bond motifs is 3. The van der Waals surface area contributed by atoms with Gasteiger partial charge in [-0.1, -0.05) is 0 Å². The number of nitrogens with zero attached hydrogens (tertiary/aromatic N) is 1. The molecule has 1 aromatic rings. The first-order valence-electron chi connectivity index (χ1n) is 10.1. The summed E-state index contributed by atoms with van der Waals surface area (Å²) < 4.78 is 48.4. The van der Waals surface area contributed by atoms with Gasteiger partial charge in [0.25, 0.3) is 0 Å². The predicted molar refractivity (Wildman–Crippen MR) is 101 cm³/mol. The number of morpholine rings is 1. The van der Waals surface area contributed by atoms with Crippen molar-refractivity contribution in [1.82, 2.24) is 4.90 Å². The average molecular weight is 444 g/mol. The number of halogens is 3. The van der Waals surface area contributed by atoms with Crippen LogP contribution in [0, 0.1) is 11.8 Å². The number of carbonyl (C=O) groups excluding carboxylic acids is 1. The monoisotopic (exact) mass is 444 g/mol. The molecule has 11 heteroatoms. The first-order valence-corrected chi connectivity index (χ1v) is 10.1. The van der Waals surface area contributed by atoms with Crippen LogP contribution in [0.4, 0.5) is 18.9 Å². The molecule has 2 N–H and O–H groups in total. The predicted octanol–water partition coefficient (Wildman–Crippen LogP) is 2.49. The van der Waals surface area contributed by atoms with Gasteiger partial charge >= 0.3 is 12.1 Å². The fourth-order valence-corrected chi connectivity index (χ4v) is 4.04. The molecular formula is C20H23F3N2O6. The summed E-state index contributed by atoms with van der Waals surface area (Å²) >= 11 is 0. The molecular weight excluding hydrogens is 421 g/mol. The van der Waals surface area contributed by atoms with Gasteiger partial charge < -0.3 is 24.6 Å². The van der Waals surface area contributed by atoms with Gasteiger partial charge in [0.15, 0.2) is 11.5 Å². The maximum Gasteiger partial charge on any atom is 0.490 e. The van der Waals surface area contributed by atoms with E-state index in [0.717, 1.165) is 36.9 Å². The van der Waals surface area contributed by atoms with Gasteiger partial charge in [-0.2, -0.15) is 13.2 Å². The van der Waals surface area contributed by atoms with Crippen LogP contribution in [0.1, 0.15) is 19.3 Å². The van der Waals surface area contributed by atoms with Crippen molar-refractivity contribution in [2.24, 2.45) is 11.8 Å². The van der Waals surface area contributed by atoms with Crippen LogP contribution in [0.5, 0.6) is 11.5 Å². The van der Waals surface area contributed by atoms with Crippen molar-refractivity contribution in [2.75, 3.05) is 31.7 Å². The van der Waals surface area contributed by atoms with Crippen molar-refractivity contribution in [1.29, 1.82) is 0 Å². The smallest absolute Gasteiger partial charge is 0.475 e. The summed E-state index contributed by atoms with van der Waals surface area (Å²) in [5.74, 6) is -0.483. The number of nitrogens with one attached hydrogen (secondary N) is 1. The number of alkyl halides is 3. The maximum absolute atomic E-state index is 12.7. The van der Waals surface area contributed by atoms with Gasteiger partial charge in [-0.25, -0.2) is 4.79 Å². The van der Waals surface area contributed by atoms with Gasteiger partial charge in [-0.15, -0.1) is 0 Å². The minimum absolute atomic E-state index is 0.0245. The molecule has 170 valence electrons. The summed E-state index contributed by atoms with van der Waals surface area (Å²) in [7, 11) is 0. The highest BCUT2D eigenvalue weighted by Gasteiger charge is 2.45. The summed E-state index contributed by atoms with van der Waals surface area (Å²) in [5.41, 5.74) is 0.750. The molecule has 0 unspecified atom stereocenters. The van der Waals surface area contributed by atoms with E-state index >= 15 is 0 Å². The highest BCUT2D eigenvalue weighted by atomic mass is 19.4. The van der Waals surface area contributed by atoms with Crippen LogP contribution in [0.3, 0.4) is 0 Å². The summed E-state index contributed by atoms with van der Waals surface area (Å²) in [6, 6.07) is 5.51. The van der Waals surface area contributed by atoms with Crippen molar-refractivity contribution in [3.05, 3.63) is 18.2 Å². The van der Waals surface area contributed by atoms with Crippen molar-refractivity contribution < 1.29 is 42.1 Å². The zero-order valence-corrected chi connectivity index (χ0v) is 16.6. The Kier molecular flexibility index (Phi) is 5.98. The van der Waals surface area contributed by atoms with Gasteiger partial charge in [-0.3, -0.25) is 9.69 Å². The first kappa shape index (κ1) is 21.7. The number of hydrogen-bond acceptors (Lipinski definition) is 6. The number of carboxylic acid groups (broad SMARTS) is 1. The highest BCUT2D eigenvalue weighted by Crippen LogP contribution is 2.37. The number of benzene rings is 1. The second-order valence-corrected chi connectivity index (χ2v) is 8.16. The average Bonchev–Trinajstić information content (AvgIpc) is 3.28. The normalized spacial score (nSPS) is 26.7. The third kappa shape index (κ3) is 5.40. The molecule has 5 rings (SSSR count). The molecule has 0 radical (unpaired) electrons. The number of amides is 1. The summed E-state index contributed by atoms with van der Waals surface area (Å²) in [6.07, 6.45) is -1.31. The molecule has 31 heavy (non-hydrogen) atoms. The van der Waals surface area contributed by atoms with Crippen LogP contribution in [0.25, 0.3) is 0 Å². The second kappa shape index (κ2) is 8.54. The minimum atomic E-state index is -5.08. The third-order valence-corrected chi connectivity index (χ3v) is 5.67. The fraction of sp³-hybridized carbons (Fsp3) is 0.600. The summed E-state index contributed by atoms with van der Waals surface area (Å²) in [4.78, 5) is 24.1. The lowest BCUT2D eigenvalue weighted by atomic mass is 9.99.